The number of hydrogen-bond acceptors (Lipinski definition) is 12. The number of benzene rings is 3. The fraction of sp³-hybridized carbons (Fsp3) is 0.367. The Kier molecular flexibility index (Phi) is 10.4. The molecule has 2 saturated heterocycles. The molecule has 2 saturated carbocycles. The molecule has 4 fully saturated rings. The molecule has 5 aliphatic rings. The van der Waals surface area contributed by atoms with Gasteiger partial charge in [-0.15, -0.1) is 0 Å². The van der Waals surface area contributed by atoms with E-state index < -0.39 is 31.6 Å². The zero-order chi connectivity index (χ0) is 44.3. The third-order valence-electron chi connectivity index (χ3n) is 14.1. The first-order valence-electron chi connectivity index (χ1n) is 22.6. The van der Waals surface area contributed by atoms with Crippen LogP contribution in [0.1, 0.15) is 90.4 Å². The number of carbonyl (C=O) groups is 1. The van der Waals surface area contributed by atoms with Crippen LogP contribution in [-0.2, 0) is 16.4 Å². The molecule has 15 nitrogen and oxygen atoms in total. The minimum Gasteiger partial charge on any atom is -0.474 e. The molecule has 0 radical (unpaired) electrons. The number of nitro groups is 1. The lowest BCUT2D eigenvalue weighted by atomic mass is 9.67. The summed E-state index contributed by atoms with van der Waals surface area (Å²) in [4.78, 5) is 42.4. The first kappa shape index (κ1) is 41.2. The van der Waals surface area contributed by atoms with Crippen molar-refractivity contribution in [2.24, 2.45) is 5.41 Å². The van der Waals surface area contributed by atoms with Crippen molar-refractivity contribution in [2.75, 3.05) is 36.5 Å². The van der Waals surface area contributed by atoms with Crippen LogP contribution in [0.4, 0.5) is 17.1 Å². The van der Waals surface area contributed by atoms with E-state index in [2.05, 4.69) is 59.1 Å². The molecule has 11 rings (SSSR count). The SMILES string of the molecule is O=C(NS(=O)(=O)c1cc([N+](=O)[O-])c2c(n1)OC[C@H](Cc1ccccc1)N2)c1ccc(N2CC3(CCC(N4CCC[C@H]4c4ccccc4C4CC4)CC3)C2)cc1Oc1cnc2[nH]ccc2c1. The van der Waals surface area contributed by atoms with Gasteiger partial charge in [0.05, 0.1) is 28.8 Å². The maximum absolute atomic E-state index is 14.0. The highest BCUT2D eigenvalue weighted by molar-refractivity contribution is 7.90. The summed E-state index contributed by atoms with van der Waals surface area (Å²) in [6, 6.07) is 29.1. The Hall–Kier alpha value is -6.52. The number of sulfonamides is 1. The van der Waals surface area contributed by atoms with Crippen molar-refractivity contribution in [1.82, 2.24) is 24.6 Å². The number of anilines is 2. The lowest BCUT2D eigenvalue weighted by Crippen LogP contribution is -2.59. The molecule has 65 heavy (non-hydrogen) atoms. The van der Waals surface area contributed by atoms with Gasteiger partial charge in [-0.1, -0.05) is 54.6 Å². The first-order chi connectivity index (χ1) is 31.6. The van der Waals surface area contributed by atoms with Crippen molar-refractivity contribution in [3.63, 3.8) is 0 Å². The van der Waals surface area contributed by atoms with Crippen LogP contribution >= 0.6 is 0 Å². The summed E-state index contributed by atoms with van der Waals surface area (Å²) in [5.74, 6) is -0.0172. The molecule has 2 aliphatic carbocycles. The van der Waals surface area contributed by atoms with Crippen molar-refractivity contribution in [2.45, 2.75) is 86.9 Å². The normalized spacial score (nSPS) is 20.7. The molecule has 16 heteroatoms. The van der Waals surface area contributed by atoms with Crippen LogP contribution in [-0.4, -0.2) is 77.4 Å². The quantitative estimate of drug-likeness (QED) is 0.0786. The number of aromatic amines is 1. The van der Waals surface area contributed by atoms with Gasteiger partial charge in [-0.2, -0.15) is 13.4 Å². The van der Waals surface area contributed by atoms with Crippen LogP contribution in [0.15, 0.2) is 108 Å². The number of likely N-dealkylation sites (tertiary alicyclic amines) is 1. The van der Waals surface area contributed by atoms with Crippen LogP contribution in [0.2, 0.25) is 0 Å². The summed E-state index contributed by atoms with van der Waals surface area (Å²) in [6.45, 7) is 2.99. The first-order valence-corrected chi connectivity index (χ1v) is 24.1. The van der Waals surface area contributed by atoms with Gasteiger partial charge in [-0.3, -0.25) is 19.8 Å². The summed E-state index contributed by atoms with van der Waals surface area (Å²) >= 11 is 0. The molecule has 2 atom stereocenters. The van der Waals surface area contributed by atoms with Crippen molar-refractivity contribution in [3.8, 4) is 17.4 Å². The molecule has 3 aliphatic heterocycles. The van der Waals surface area contributed by atoms with Gasteiger partial charge in [0.15, 0.2) is 10.7 Å². The molecular formula is C49H50N8O7S. The predicted octanol–water partition coefficient (Wildman–Crippen LogP) is 8.66. The molecule has 334 valence electrons. The summed E-state index contributed by atoms with van der Waals surface area (Å²) in [5, 5.41) is 15.5. The van der Waals surface area contributed by atoms with Gasteiger partial charge in [-0.05, 0) is 111 Å². The number of nitrogens with one attached hydrogen (secondary N) is 3. The van der Waals surface area contributed by atoms with Crippen molar-refractivity contribution < 1.29 is 27.6 Å². The van der Waals surface area contributed by atoms with E-state index in [-0.39, 0.29) is 40.9 Å². The number of aromatic nitrogens is 3. The Morgan fingerprint density at radius 2 is 1.74 bits per heavy atom. The molecule has 6 aromatic rings. The van der Waals surface area contributed by atoms with Crippen molar-refractivity contribution in [3.05, 3.63) is 136 Å². The number of hydrogen-bond donors (Lipinski definition) is 3. The lowest BCUT2D eigenvalue weighted by Gasteiger charge is -2.55. The smallest absolute Gasteiger partial charge is 0.300 e. The third-order valence-corrected chi connectivity index (χ3v) is 15.3. The van der Waals surface area contributed by atoms with Crippen LogP contribution in [0.25, 0.3) is 11.0 Å². The van der Waals surface area contributed by atoms with Crippen molar-refractivity contribution >= 4 is 44.0 Å². The third kappa shape index (κ3) is 8.13. The standard InChI is InChI=1S/C49H50N8O7S/c58-47(54-65(61,62)44-26-42(57(59)60)45-48(53-44)63-28-34(52-45)23-31-7-2-1-3-8-31)40-15-14-36(25-43(40)64-37-24-33-18-21-50-46(33)51-27-37)55-29-49(30-55)19-16-35(17-20-49)56-22-6-11-41(56)39-10-5-4-9-38(39)32-12-13-32/h1-5,7-10,14-15,18,21,24-27,32,34-35,41,52H,6,11-13,16-17,19-20,22-23,28-30H2,(H,50,51)(H,54,58)/t34-,41-/m0/s1. The van der Waals surface area contributed by atoms with Crippen LogP contribution < -0.4 is 24.4 Å². The number of ether oxygens (including phenoxy) is 2. The Balaban J connectivity index is 0.804. The van der Waals surface area contributed by atoms with Crippen molar-refractivity contribution in [1.29, 1.82) is 0 Å². The molecule has 3 aromatic heterocycles. The molecular weight excluding hydrogens is 845 g/mol. The maximum Gasteiger partial charge on any atom is 0.300 e. The number of fused-ring (bicyclic) bond motifs is 2. The van der Waals surface area contributed by atoms with Gasteiger partial charge >= 0.3 is 5.69 Å². The average Bonchev–Trinajstić information content (AvgIpc) is 3.84. The van der Waals surface area contributed by atoms with E-state index in [1.54, 1.807) is 41.6 Å². The molecule has 1 spiro atoms. The van der Waals surface area contributed by atoms with Crippen LogP contribution in [0, 0.1) is 15.5 Å². The van der Waals surface area contributed by atoms with E-state index >= 15 is 0 Å². The highest BCUT2D eigenvalue weighted by Crippen LogP contribution is 2.51. The second-order valence-corrected chi connectivity index (χ2v) is 20.1. The number of rotatable bonds is 12. The van der Waals surface area contributed by atoms with Gasteiger partial charge in [0.1, 0.15) is 23.8 Å². The molecule has 3 aromatic carbocycles. The lowest BCUT2D eigenvalue weighted by molar-refractivity contribution is -0.384. The second kappa shape index (κ2) is 16.5. The van der Waals surface area contributed by atoms with E-state index in [9.17, 15) is 23.3 Å². The molecule has 0 bridgehead atoms. The number of pyridine rings is 2. The van der Waals surface area contributed by atoms with Gasteiger partial charge in [0.2, 0.25) is 5.88 Å². The fourth-order valence-corrected chi connectivity index (χ4v) is 11.6. The highest BCUT2D eigenvalue weighted by Gasteiger charge is 2.47. The molecule has 1 amide bonds. The minimum absolute atomic E-state index is 0.0296. The second-order valence-electron chi connectivity index (χ2n) is 18.4. The largest absolute Gasteiger partial charge is 0.474 e. The Labute approximate surface area is 376 Å². The van der Waals surface area contributed by atoms with Gasteiger partial charge < -0.3 is 24.7 Å². The maximum atomic E-state index is 14.0. The number of H-pyrrole nitrogens is 1. The molecule has 3 N–H and O–H groups in total. The number of amides is 1. The predicted molar refractivity (Wildman–Crippen MR) is 245 cm³/mol. The van der Waals surface area contributed by atoms with Crippen LogP contribution in [0.3, 0.4) is 0 Å². The number of carbonyl (C=O) groups excluding carboxylic acids is 1. The van der Waals surface area contributed by atoms with E-state index in [4.69, 9.17) is 9.47 Å². The molecule has 0 unspecified atom stereocenters. The summed E-state index contributed by atoms with van der Waals surface area (Å²) in [5.41, 5.74) is 5.21. The fourth-order valence-electron chi connectivity index (χ4n) is 10.7. The Morgan fingerprint density at radius 1 is 0.954 bits per heavy atom. The summed E-state index contributed by atoms with van der Waals surface area (Å²) in [7, 11) is -4.75. The van der Waals surface area contributed by atoms with E-state index in [0.717, 1.165) is 61.1 Å². The zero-order valence-electron chi connectivity index (χ0n) is 35.8. The topological polar surface area (TPSA) is 185 Å². The van der Waals surface area contributed by atoms with Gasteiger partial charge in [0.25, 0.3) is 15.9 Å². The Morgan fingerprint density at radius 3 is 2.52 bits per heavy atom. The van der Waals surface area contributed by atoms with Gasteiger partial charge in [-0.25, -0.2) is 9.71 Å². The number of nitrogens with zero attached hydrogens (tertiary/aromatic N) is 5. The van der Waals surface area contributed by atoms with E-state index in [1.165, 1.54) is 44.7 Å². The molecule has 6 heterocycles. The highest BCUT2D eigenvalue weighted by atomic mass is 32.2. The summed E-state index contributed by atoms with van der Waals surface area (Å²) in [6.07, 6.45) is 13.6. The minimum atomic E-state index is -4.75. The van der Waals surface area contributed by atoms with Gasteiger partial charge in [0, 0.05) is 53.9 Å². The van der Waals surface area contributed by atoms with E-state index in [0.29, 0.717) is 29.9 Å². The average molecular weight is 895 g/mol. The Bertz CT molecular complexity index is 2910. The monoisotopic (exact) mass is 894 g/mol. The summed E-state index contributed by atoms with van der Waals surface area (Å²) < 4.78 is 41.9. The van der Waals surface area contributed by atoms with Crippen LogP contribution in [0.5, 0.6) is 17.4 Å². The van der Waals surface area contributed by atoms with E-state index in [1.807, 2.05) is 36.4 Å². The zero-order valence-corrected chi connectivity index (χ0v) is 36.6.